The molecule has 1 aromatic rings. The molecule has 0 amide bonds. The number of carbonyl (C=O) groups is 1. The van der Waals surface area contributed by atoms with Crippen LogP contribution in [0.25, 0.3) is 0 Å². The van der Waals surface area contributed by atoms with Gasteiger partial charge in [-0.05, 0) is 24.6 Å². The SMILES string of the molecule is CCOc1ccc(CN2CCOC[C@@H]2CC(=O)O)cc1CO. The van der Waals surface area contributed by atoms with Crippen molar-refractivity contribution in [1.29, 1.82) is 0 Å². The molecular formula is C16H23NO5. The molecule has 0 saturated carbocycles. The molecule has 0 bridgehead atoms. The van der Waals surface area contributed by atoms with Gasteiger partial charge in [-0.25, -0.2) is 0 Å². The van der Waals surface area contributed by atoms with Gasteiger partial charge in [-0.2, -0.15) is 0 Å². The first-order chi connectivity index (χ1) is 10.6. The Morgan fingerprint density at radius 1 is 1.50 bits per heavy atom. The van der Waals surface area contributed by atoms with Crippen LogP contribution in [0.2, 0.25) is 0 Å². The van der Waals surface area contributed by atoms with E-state index in [0.29, 0.717) is 38.7 Å². The molecular weight excluding hydrogens is 286 g/mol. The molecule has 1 aromatic carbocycles. The summed E-state index contributed by atoms with van der Waals surface area (Å²) in [5.41, 5.74) is 1.78. The van der Waals surface area contributed by atoms with Crippen LogP contribution in [0.4, 0.5) is 0 Å². The van der Waals surface area contributed by atoms with E-state index >= 15 is 0 Å². The summed E-state index contributed by atoms with van der Waals surface area (Å²) in [6, 6.07) is 5.61. The summed E-state index contributed by atoms with van der Waals surface area (Å²) in [5, 5.41) is 18.5. The van der Waals surface area contributed by atoms with Crippen molar-refractivity contribution >= 4 is 5.97 Å². The van der Waals surface area contributed by atoms with Crippen LogP contribution in [0.3, 0.4) is 0 Å². The Morgan fingerprint density at radius 2 is 2.32 bits per heavy atom. The number of morpholine rings is 1. The smallest absolute Gasteiger partial charge is 0.305 e. The zero-order valence-electron chi connectivity index (χ0n) is 12.8. The van der Waals surface area contributed by atoms with Gasteiger partial charge in [0.25, 0.3) is 0 Å². The number of carboxylic acid groups (broad SMARTS) is 1. The fourth-order valence-corrected chi connectivity index (χ4v) is 2.67. The standard InChI is InChI=1S/C16H23NO5/c1-2-22-15-4-3-12(7-13(15)10-18)9-17-5-6-21-11-14(17)8-16(19)20/h3-4,7,14,18H,2,5-6,8-11H2,1H3,(H,19,20)/t14-/m0/s1. The zero-order chi connectivity index (χ0) is 15.9. The average Bonchev–Trinajstić information content (AvgIpc) is 2.50. The molecule has 0 spiro atoms. The van der Waals surface area contributed by atoms with Crippen molar-refractivity contribution in [2.45, 2.75) is 32.5 Å². The van der Waals surface area contributed by atoms with Gasteiger partial charge < -0.3 is 19.7 Å². The lowest BCUT2D eigenvalue weighted by Gasteiger charge is -2.34. The summed E-state index contributed by atoms with van der Waals surface area (Å²) in [6.07, 6.45) is 0.0733. The van der Waals surface area contributed by atoms with Crippen molar-refractivity contribution in [2.24, 2.45) is 0 Å². The number of aliphatic carboxylic acids is 1. The number of aliphatic hydroxyl groups excluding tert-OH is 1. The molecule has 1 atom stereocenters. The average molecular weight is 309 g/mol. The highest BCUT2D eigenvalue weighted by molar-refractivity contribution is 5.67. The van der Waals surface area contributed by atoms with Gasteiger partial charge in [-0.3, -0.25) is 9.69 Å². The lowest BCUT2D eigenvalue weighted by Crippen LogP contribution is -2.45. The van der Waals surface area contributed by atoms with E-state index in [1.165, 1.54) is 0 Å². The second-order valence-corrected chi connectivity index (χ2v) is 5.33. The maximum Gasteiger partial charge on any atom is 0.305 e. The number of carboxylic acids is 1. The molecule has 0 radical (unpaired) electrons. The van der Waals surface area contributed by atoms with E-state index in [0.717, 1.165) is 11.1 Å². The molecule has 1 aliphatic heterocycles. The summed E-state index contributed by atoms with van der Waals surface area (Å²) >= 11 is 0. The first-order valence-corrected chi connectivity index (χ1v) is 7.53. The molecule has 0 aromatic heterocycles. The minimum absolute atomic E-state index is 0.0733. The van der Waals surface area contributed by atoms with Crippen molar-refractivity contribution in [3.63, 3.8) is 0 Å². The molecule has 1 aliphatic rings. The molecule has 0 aliphatic carbocycles. The second kappa shape index (κ2) is 8.12. The number of hydrogen-bond donors (Lipinski definition) is 2. The molecule has 2 N–H and O–H groups in total. The Hall–Kier alpha value is -1.63. The summed E-state index contributed by atoms with van der Waals surface area (Å²) in [4.78, 5) is 13.1. The monoisotopic (exact) mass is 309 g/mol. The Morgan fingerprint density at radius 3 is 3.00 bits per heavy atom. The Labute approximate surface area is 130 Å². The molecule has 6 heteroatoms. The normalized spacial score (nSPS) is 19.1. The van der Waals surface area contributed by atoms with Crippen molar-refractivity contribution in [2.75, 3.05) is 26.4 Å². The molecule has 1 heterocycles. The summed E-state index contributed by atoms with van der Waals surface area (Å²) in [5.74, 6) is -0.124. The molecule has 1 fully saturated rings. The van der Waals surface area contributed by atoms with E-state index < -0.39 is 5.97 Å². The first-order valence-electron chi connectivity index (χ1n) is 7.53. The maximum absolute atomic E-state index is 11.0. The van der Waals surface area contributed by atoms with Crippen LogP contribution in [0.1, 0.15) is 24.5 Å². The van der Waals surface area contributed by atoms with Gasteiger partial charge in [0.05, 0.1) is 32.8 Å². The third-order valence-electron chi connectivity index (χ3n) is 3.74. The lowest BCUT2D eigenvalue weighted by atomic mass is 10.1. The Bertz CT molecular complexity index is 505. The van der Waals surface area contributed by atoms with E-state index in [4.69, 9.17) is 14.6 Å². The summed E-state index contributed by atoms with van der Waals surface area (Å²) in [6.45, 7) is 4.77. The maximum atomic E-state index is 11.0. The number of hydrogen-bond acceptors (Lipinski definition) is 5. The van der Waals surface area contributed by atoms with E-state index in [1.54, 1.807) is 0 Å². The Balaban J connectivity index is 2.09. The van der Waals surface area contributed by atoms with Crippen LogP contribution in [0, 0.1) is 0 Å². The minimum atomic E-state index is -0.816. The molecule has 22 heavy (non-hydrogen) atoms. The largest absolute Gasteiger partial charge is 0.494 e. The Kier molecular flexibility index (Phi) is 6.18. The summed E-state index contributed by atoms with van der Waals surface area (Å²) < 4.78 is 10.9. The minimum Gasteiger partial charge on any atom is -0.494 e. The van der Waals surface area contributed by atoms with E-state index in [9.17, 15) is 9.90 Å². The molecule has 6 nitrogen and oxygen atoms in total. The van der Waals surface area contributed by atoms with Gasteiger partial charge in [-0.1, -0.05) is 6.07 Å². The quantitative estimate of drug-likeness (QED) is 0.789. The highest BCUT2D eigenvalue weighted by Crippen LogP contribution is 2.22. The van der Waals surface area contributed by atoms with E-state index in [-0.39, 0.29) is 19.1 Å². The fraction of sp³-hybridized carbons (Fsp3) is 0.562. The van der Waals surface area contributed by atoms with Crippen molar-refractivity contribution in [3.8, 4) is 5.75 Å². The summed E-state index contributed by atoms with van der Waals surface area (Å²) in [7, 11) is 0. The number of aliphatic hydroxyl groups is 1. The van der Waals surface area contributed by atoms with Crippen molar-refractivity contribution in [3.05, 3.63) is 29.3 Å². The number of rotatable bonds is 7. The van der Waals surface area contributed by atoms with Gasteiger partial charge >= 0.3 is 5.97 Å². The van der Waals surface area contributed by atoms with Crippen LogP contribution in [-0.4, -0.2) is 53.5 Å². The predicted octanol–water partition coefficient (Wildman–Crippen LogP) is 1.25. The van der Waals surface area contributed by atoms with E-state index in [2.05, 4.69) is 4.90 Å². The van der Waals surface area contributed by atoms with Gasteiger partial charge in [-0.15, -0.1) is 0 Å². The lowest BCUT2D eigenvalue weighted by molar-refractivity contribution is -0.140. The van der Waals surface area contributed by atoms with Crippen LogP contribution in [0.15, 0.2) is 18.2 Å². The topological polar surface area (TPSA) is 79.2 Å². The van der Waals surface area contributed by atoms with Crippen LogP contribution >= 0.6 is 0 Å². The van der Waals surface area contributed by atoms with Gasteiger partial charge in [0.1, 0.15) is 5.75 Å². The third kappa shape index (κ3) is 4.43. The molecule has 2 rings (SSSR count). The molecule has 0 unspecified atom stereocenters. The van der Waals surface area contributed by atoms with Crippen molar-refractivity contribution < 1.29 is 24.5 Å². The van der Waals surface area contributed by atoms with Gasteiger partial charge in [0.2, 0.25) is 0 Å². The van der Waals surface area contributed by atoms with Crippen LogP contribution < -0.4 is 4.74 Å². The number of ether oxygens (including phenoxy) is 2. The second-order valence-electron chi connectivity index (χ2n) is 5.33. The highest BCUT2D eigenvalue weighted by Gasteiger charge is 2.25. The first kappa shape index (κ1) is 16.7. The van der Waals surface area contributed by atoms with Crippen LogP contribution in [-0.2, 0) is 22.7 Å². The zero-order valence-corrected chi connectivity index (χ0v) is 12.8. The van der Waals surface area contributed by atoms with E-state index in [1.807, 2.05) is 25.1 Å². The number of benzene rings is 1. The fourth-order valence-electron chi connectivity index (χ4n) is 2.67. The van der Waals surface area contributed by atoms with Gasteiger partial charge in [0, 0.05) is 24.7 Å². The number of nitrogens with zero attached hydrogens (tertiary/aromatic N) is 1. The van der Waals surface area contributed by atoms with Crippen molar-refractivity contribution in [1.82, 2.24) is 4.90 Å². The van der Waals surface area contributed by atoms with Crippen LogP contribution in [0.5, 0.6) is 5.75 Å². The highest BCUT2D eigenvalue weighted by atomic mass is 16.5. The molecule has 122 valence electrons. The van der Waals surface area contributed by atoms with Gasteiger partial charge in [0.15, 0.2) is 0 Å². The third-order valence-corrected chi connectivity index (χ3v) is 3.74. The predicted molar refractivity (Wildman–Crippen MR) is 80.8 cm³/mol. The molecule has 1 saturated heterocycles.